The quantitative estimate of drug-likeness (QED) is 0.384. The van der Waals surface area contributed by atoms with Crippen LogP contribution in [0.4, 0.5) is 0 Å². The summed E-state index contributed by atoms with van der Waals surface area (Å²) in [4.78, 5) is 23.5. The molecule has 2 aliphatic rings. The predicted molar refractivity (Wildman–Crippen MR) is 156 cm³/mol. The molecule has 218 valence electrons. The zero-order chi connectivity index (χ0) is 28.9. The summed E-state index contributed by atoms with van der Waals surface area (Å²) >= 11 is 1.14. The molecular weight excluding hydrogens is 552 g/mol. The normalized spacial score (nSPS) is 19.7. The van der Waals surface area contributed by atoms with Crippen molar-refractivity contribution in [1.29, 1.82) is 0 Å². The molecule has 4 heterocycles. The van der Waals surface area contributed by atoms with Gasteiger partial charge in [-0.05, 0) is 70.7 Å². The Labute approximate surface area is 239 Å². The number of hydrogen-bond acceptors (Lipinski definition) is 10. The van der Waals surface area contributed by atoms with Gasteiger partial charge < -0.3 is 19.7 Å². The zero-order valence-corrected chi connectivity index (χ0v) is 25.3. The molecule has 1 saturated heterocycles. The van der Waals surface area contributed by atoms with Crippen molar-refractivity contribution in [3.8, 4) is 5.75 Å². The Kier molecular flexibility index (Phi) is 9.82. The van der Waals surface area contributed by atoms with Gasteiger partial charge in [-0.1, -0.05) is 6.08 Å². The van der Waals surface area contributed by atoms with E-state index in [-0.39, 0.29) is 21.6 Å². The van der Waals surface area contributed by atoms with E-state index in [0.29, 0.717) is 48.2 Å². The van der Waals surface area contributed by atoms with Crippen LogP contribution in [-0.4, -0.2) is 67.4 Å². The molecule has 40 heavy (non-hydrogen) atoms. The Bertz CT molecular complexity index is 1450. The van der Waals surface area contributed by atoms with Crippen molar-refractivity contribution in [2.75, 3.05) is 27.3 Å². The fraction of sp³-hybridized carbons (Fsp3) is 0.519. The lowest BCUT2D eigenvalue weighted by atomic mass is 10.1. The smallest absolute Gasteiger partial charge is 0.296 e. The number of aromatic nitrogens is 3. The number of thiazole rings is 1. The summed E-state index contributed by atoms with van der Waals surface area (Å²) in [5, 5.41) is 4.05. The molecule has 13 heteroatoms. The summed E-state index contributed by atoms with van der Waals surface area (Å²) in [5.74, 6) is 0.826. The van der Waals surface area contributed by atoms with Crippen molar-refractivity contribution in [3.63, 3.8) is 0 Å². The summed E-state index contributed by atoms with van der Waals surface area (Å²) in [5.41, 5.74) is 1.64. The molecule has 0 saturated carbocycles. The number of aryl methyl sites for hydroxylation is 2. The van der Waals surface area contributed by atoms with E-state index in [1.165, 1.54) is 13.3 Å². The SMILES string of the molecule is CCn1c(C=CCCC2=CN(C)C(OC)C(NS(=O)(=O)c3sc(C)nc3C)=C2)ncc(OCC2CCCN2)c1=O. The predicted octanol–water partition coefficient (Wildman–Crippen LogP) is 2.92. The molecule has 2 aromatic heterocycles. The fourth-order valence-electron chi connectivity index (χ4n) is 4.88. The molecule has 2 N–H and O–H groups in total. The molecule has 0 amide bonds. The lowest BCUT2D eigenvalue weighted by Gasteiger charge is -2.32. The van der Waals surface area contributed by atoms with Gasteiger partial charge in [0.05, 0.1) is 22.6 Å². The van der Waals surface area contributed by atoms with Gasteiger partial charge in [-0.15, -0.1) is 11.3 Å². The van der Waals surface area contributed by atoms with E-state index in [0.717, 1.165) is 36.3 Å². The van der Waals surface area contributed by atoms with E-state index < -0.39 is 16.3 Å². The number of ether oxygens (including phenoxy) is 2. The van der Waals surface area contributed by atoms with Crippen LogP contribution in [0.2, 0.25) is 0 Å². The molecule has 4 rings (SSSR count). The van der Waals surface area contributed by atoms with Gasteiger partial charge in [-0.25, -0.2) is 18.4 Å². The second-order valence-corrected chi connectivity index (χ2v) is 12.9. The summed E-state index contributed by atoms with van der Waals surface area (Å²) in [6.45, 7) is 7.28. The van der Waals surface area contributed by atoms with E-state index in [4.69, 9.17) is 9.47 Å². The first-order chi connectivity index (χ1) is 19.1. The average Bonchev–Trinajstić information content (AvgIpc) is 3.55. The summed E-state index contributed by atoms with van der Waals surface area (Å²) in [6, 6.07) is 0.271. The van der Waals surface area contributed by atoms with E-state index in [2.05, 4.69) is 20.0 Å². The van der Waals surface area contributed by atoms with Crippen molar-refractivity contribution in [1.82, 2.24) is 29.5 Å². The fourth-order valence-corrected chi connectivity index (χ4v) is 7.45. The second kappa shape index (κ2) is 13.1. The second-order valence-electron chi connectivity index (χ2n) is 9.84. The molecule has 2 aromatic rings. The number of rotatable bonds is 12. The molecule has 0 aromatic carbocycles. The van der Waals surface area contributed by atoms with E-state index in [1.807, 2.05) is 43.3 Å². The highest BCUT2D eigenvalue weighted by Gasteiger charge is 2.28. The maximum Gasteiger partial charge on any atom is 0.296 e. The topological polar surface area (TPSA) is 128 Å². The minimum Gasteiger partial charge on any atom is -0.485 e. The third-order valence-electron chi connectivity index (χ3n) is 6.76. The van der Waals surface area contributed by atoms with Crippen molar-refractivity contribution in [3.05, 3.63) is 62.7 Å². The Morgan fingerprint density at radius 1 is 1.32 bits per heavy atom. The molecule has 2 unspecified atom stereocenters. The third kappa shape index (κ3) is 7.00. The van der Waals surface area contributed by atoms with Crippen LogP contribution in [0.5, 0.6) is 5.75 Å². The van der Waals surface area contributed by atoms with Gasteiger partial charge in [0.2, 0.25) is 5.75 Å². The number of hydrogen-bond donors (Lipinski definition) is 2. The third-order valence-corrected chi connectivity index (χ3v) is 9.82. The Balaban J connectivity index is 1.42. The molecule has 11 nitrogen and oxygen atoms in total. The molecule has 0 bridgehead atoms. The van der Waals surface area contributed by atoms with E-state index >= 15 is 0 Å². The van der Waals surface area contributed by atoms with Crippen LogP contribution in [0.15, 0.2) is 44.8 Å². The summed E-state index contributed by atoms with van der Waals surface area (Å²) < 4.78 is 42.1. The highest BCUT2D eigenvalue weighted by molar-refractivity contribution is 7.91. The number of methoxy groups -OCH3 is 1. The van der Waals surface area contributed by atoms with Crippen LogP contribution in [0, 0.1) is 13.8 Å². The van der Waals surface area contributed by atoms with Crippen molar-refractivity contribution in [2.24, 2.45) is 0 Å². The van der Waals surface area contributed by atoms with E-state index in [1.54, 1.807) is 18.4 Å². The molecular formula is C27H38N6O5S2. The van der Waals surface area contributed by atoms with Crippen molar-refractivity contribution in [2.45, 2.75) is 69.5 Å². The Morgan fingerprint density at radius 3 is 2.77 bits per heavy atom. The molecule has 0 aliphatic carbocycles. The number of allylic oxidation sites excluding steroid dienone is 3. The van der Waals surface area contributed by atoms with Gasteiger partial charge in [0.1, 0.15) is 12.4 Å². The summed E-state index contributed by atoms with van der Waals surface area (Å²) in [7, 11) is -0.436. The zero-order valence-electron chi connectivity index (χ0n) is 23.6. The maximum atomic E-state index is 13.1. The van der Waals surface area contributed by atoms with Gasteiger partial charge in [-0.2, -0.15) is 0 Å². The highest BCUT2D eigenvalue weighted by atomic mass is 32.2. The molecule has 2 atom stereocenters. The standard InChI is InChI=1S/C27H38N6O5S2/c1-6-33-24(29-15-23(25(33)34)38-17-21-11-9-13-28-21)12-8-7-10-20-14-22(26(37-5)32(4)16-20)31-40(35,36)27-18(2)30-19(3)39-27/h8,12,14-16,21,26,28,31H,6-7,9-11,13,17H2,1-5H3. The highest BCUT2D eigenvalue weighted by Crippen LogP contribution is 2.27. The lowest BCUT2D eigenvalue weighted by Crippen LogP contribution is -2.40. The lowest BCUT2D eigenvalue weighted by molar-refractivity contribution is 0.0315. The Morgan fingerprint density at radius 2 is 2.12 bits per heavy atom. The average molecular weight is 591 g/mol. The van der Waals surface area contributed by atoms with Crippen molar-refractivity contribution < 1.29 is 17.9 Å². The monoisotopic (exact) mass is 590 g/mol. The largest absolute Gasteiger partial charge is 0.485 e. The van der Waals surface area contributed by atoms with Gasteiger partial charge in [0.15, 0.2) is 10.4 Å². The molecule has 0 spiro atoms. The van der Waals surface area contributed by atoms with E-state index in [9.17, 15) is 13.2 Å². The van der Waals surface area contributed by atoms with Crippen LogP contribution >= 0.6 is 11.3 Å². The number of nitrogens with zero attached hydrogens (tertiary/aromatic N) is 4. The molecule has 0 radical (unpaired) electrons. The van der Waals surface area contributed by atoms with Gasteiger partial charge in [0.25, 0.3) is 15.6 Å². The number of likely N-dealkylation sites (N-methyl/N-ethyl adjacent to an activating group) is 1. The number of sulfonamides is 1. The first-order valence-electron chi connectivity index (χ1n) is 13.4. The first kappa shape index (κ1) is 30.0. The van der Waals surface area contributed by atoms with Gasteiger partial charge >= 0.3 is 0 Å². The van der Waals surface area contributed by atoms with Gasteiger partial charge in [-0.3, -0.25) is 14.1 Å². The first-order valence-corrected chi connectivity index (χ1v) is 15.7. The minimum absolute atomic E-state index is 0.191. The van der Waals surface area contributed by atoms with Crippen LogP contribution in [0.25, 0.3) is 6.08 Å². The van der Waals surface area contributed by atoms with Crippen LogP contribution < -0.4 is 20.3 Å². The number of nitrogens with one attached hydrogen (secondary N) is 2. The van der Waals surface area contributed by atoms with Gasteiger partial charge in [0, 0.05) is 32.9 Å². The van der Waals surface area contributed by atoms with Crippen LogP contribution in [0.1, 0.15) is 49.1 Å². The Hall–Kier alpha value is -3.00. The minimum atomic E-state index is -3.81. The maximum absolute atomic E-state index is 13.1. The molecule has 1 fully saturated rings. The van der Waals surface area contributed by atoms with Crippen LogP contribution in [-0.2, 0) is 21.3 Å². The summed E-state index contributed by atoms with van der Waals surface area (Å²) in [6.07, 6.45) is 11.9. The van der Waals surface area contributed by atoms with Crippen molar-refractivity contribution >= 4 is 27.4 Å². The molecule has 2 aliphatic heterocycles. The van der Waals surface area contributed by atoms with Crippen LogP contribution in [0.3, 0.4) is 0 Å².